The van der Waals surface area contributed by atoms with E-state index in [1.807, 2.05) is 24.3 Å². The fourth-order valence-corrected chi connectivity index (χ4v) is 5.48. The Morgan fingerprint density at radius 1 is 0.926 bits per heavy atom. The van der Waals surface area contributed by atoms with Gasteiger partial charge in [0.05, 0.1) is 7.11 Å². The summed E-state index contributed by atoms with van der Waals surface area (Å²) in [6.07, 6.45) is 12.3. The topological polar surface area (TPSA) is 9.23 Å². The summed E-state index contributed by atoms with van der Waals surface area (Å²) in [6, 6.07) is 9.69. The zero-order valence-electron chi connectivity index (χ0n) is 16.4. The van der Waals surface area contributed by atoms with Gasteiger partial charge in [0.25, 0.3) is 0 Å². The van der Waals surface area contributed by atoms with Crippen molar-refractivity contribution in [1.82, 2.24) is 0 Å². The highest BCUT2D eigenvalue weighted by atomic mass is 19.1. The van der Waals surface area contributed by atoms with Crippen molar-refractivity contribution in [1.29, 1.82) is 0 Å². The molecule has 0 heterocycles. The van der Waals surface area contributed by atoms with Crippen LogP contribution in [-0.2, 0) is 0 Å². The lowest BCUT2D eigenvalue weighted by Gasteiger charge is -2.37. The van der Waals surface area contributed by atoms with Crippen LogP contribution in [0.5, 0.6) is 5.75 Å². The molecule has 2 aliphatic carbocycles. The molecule has 27 heavy (non-hydrogen) atoms. The first-order valence-corrected chi connectivity index (χ1v) is 10.6. The van der Waals surface area contributed by atoms with Crippen molar-refractivity contribution in [3.63, 3.8) is 0 Å². The Labute approximate surface area is 162 Å². The largest absolute Gasteiger partial charge is 0.497 e. The summed E-state index contributed by atoms with van der Waals surface area (Å²) >= 11 is 0. The van der Waals surface area contributed by atoms with Crippen molar-refractivity contribution >= 4 is 10.8 Å². The number of hydrogen-bond acceptors (Lipinski definition) is 1. The van der Waals surface area contributed by atoms with Crippen molar-refractivity contribution in [2.24, 2.45) is 17.8 Å². The minimum absolute atomic E-state index is 0.0231. The smallest absolute Gasteiger partial charge is 0.134 e. The van der Waals surface area contributed by atoms with E-state index in [0.29, 0.717) is 5.92 Å². The average Bonchev–Trinajstić information content (AvgIpc) is 2.74. The third-order valence-electron chi connectivity index (χ3n) is 7.22. The molecule has 2 saturated carbocycles. The van der Waals surface area contributed by atoms with Gasteiger partial charge in [-0.25, -0.2) is 4.39 Å². The third-order valence-corrected chi connectivity index (χ3v) is 7.22. The lowest BCUT2D eigenvalue weighted by Crippen LogP contribution is -2.25. The summed E-state index contributed by atoms with van der Waals surface area (Å²) in [4.78, 5) is 0. The molecule has 0 aromatic heterocycles. The molecule has 2 aliphatic rings. The van der Waals surface area contributed by atoms with E-state index in [4.69, 9.17) is 4.74 Å². The number of halogens is 1. The summed E-state index contributed by atoms with van der Waals surface area (Å²) in [5, 5.41) is 1.64. The average molecular weight is 367 g/mol. The van der Waals surface area contributed by atoms with Crippen molar-refractivity contribution in [3.05, 3.63) is 54.4 Å². The van der Waals surface area contributed by atoms with Gasteiger partial charge in [0.2, 0.25) is 0 Å². The highest BCUT2D eigenvalue weighted by molar-refractivity contribution is 5.85. The normalized spacial score (nSPS) is 28.8. The van der Waals surface area contributed by atoms with Crippen LogP contribution in [0.1, 0.15) is 62.8 Å². The molecule has 0 N–H and O–H groups in total. The Balaban J connectivity index is 1.43. The molecule has 0 spiro atoms. The predicted molar refractivity (Wildman–Crippen MR) is 111 cm³/mol. The van der Waals surface area contributed by atoms with Gasteiger partial charge in [0.1, 0.15) is 11.6 Å². The first-order valence-electron chi connectivity index (χ1n) is 10.6. The lowest BCUT2D eigenvalue weighted by atomic mass is 9.68. The summed E-state index contributed by atoms with van der Waals surface area (Å²) in [5.74, 6) is 3.60. The molecule has 2 aromatic carbocycles. The fourth-order valence-electron chi connectivity index (χ4n) is 5.48. The van der Waals surface area contributed by atoms with Crippen molar-refractivity contribution in [2.45, 2.75) is 57.3 Å². The molecule has 0 amide bonds. The minimum Gasteiger partial charge on any atom is -0.497 e. The second-order valence-electron chi connectivity index (χ2n) is 8.58. The fraction of sp³-hybridized carbons (Fsp3) is 0.520. The van der Waals surface area contributed by atoms with Gasteiger partial charge in [-0.2, -0.15) is 0 Å². The monoisotopic (exact) mass is 366 g/mol. The zero-order chi connectivity index (χ0) is 18.8. The third kappa shape index (κ3) is 3.77. The molecule has 0 unspecified atom stereocenters. The van der Waals surface area contributed by atoms with E-state index < -0.39 is 0 Å². The van der Waals surface area contributed by atoms with Crippen LogP contribution in [0.2, 0.25) is 0 Å². The number of fused-ring (bicyclic) bond motifs is 1. The van der Waals surface area contributed by atoms with Gasteiger partial charge < -0.3 is 4.74 Å². The van der Waals surface area contributed by atoms with Gasteiger partial charge in [0.15, 0.2) is 0 Å². The van der Waals surface area contributed by atoms with Crippen molar-refractivity contribution < 1.29 is 9.13 Å². The summed E-state index contributed by atoms with van der Waals surface area (Å²) < 4.78 is 20.4. The Bertz CT molecular complexity index is 795. The Kier molecular flexibility index (Phi) is 5.52. The van der Waals surface area contributed by atoms with E-state index in [1.165, 1.54) is 38.5 Å². The van der Waals surface area contributed by atoms with E-state index in [9.17, 15) is 0 Å². The maximum atomic E-state index is 15.2. The second-order valence-corrected chi connectivity index (χ2v) is 8.58. The summed E-state index contributed by atoms with van der Waals surface area (Å²) in [6.45, 7) is 3.96. The Hall–Kier alpha value is -1.83. The molecule has 144 valence electrons. The number of allylic oxidation sites excluding steroid dienone is 1. The molecule has 0 atom stereocenters. The lowest BCUT2D eigenvalue weighted by molar-refractivity contribution is 0.171. The van der Waals surface area contributed by atoms with E-state index >= 15 is 4.39 Å². The van der Waals surface area contributed by atoms with Gasteiger partial charge in [-0.15, -0.1) is 6.58 Å². The molecule has 4 rings (SSSR count). The minimum atomic E-state index is -0.0231. The van der Waals surface area contributed by atoms with Gasteiger partial charge in [0, 0.05) is 5.39 Å². The van der Waals surface area contributed by atoms with Crippen molar-refractivity contribution in [3.8, 4) is 5.75 Å². The molecule has 0 saturated heterocycles. The number of methoxy groups -OCH3 is 1. The SMILES string of the molecule is C=CC1CCC(C2CCC(c3ccc4cc(OC)ccc4c3F)CC2)CC1. The Morgan fingerprint density at radius 3 is 2.22 bits per heavy atom. The van der Waals surface area contributed by atoms with Gasteiger partial charge in [-0.3, -0.25) is 0 Å². The number of rotatable bonds is 4. The maximum absolute atomic E-state index is 15.2. The molecule has 0 aliphatic heterocycles. The van der Waals surface area contributed by atoms with E-state index in [-0.39, 0.29) is 5.82 Å². The Morgan fingerprint density at radius 2 is 1.59 bits per heavy atom. The van der Waals surface area contributed by atoms with Gasteiger partial charge in [-0.1, -0.05) is 18.2 Å². The van der Waals surface area contributed by atoms with E-state index in [0.717, 1.165) is 52.7 Å². The van der Waals surface area contributed by atoms with Crippen LogP contribution in [-0.4, -0.2) is 7.11 Å². The number of hydrogen-bond donors (Lipinski definition) is 0. The first-order chi connectivity index (χ1) is 13.2. The standard InChI is InChI=1S/C25H31FO/c1-3-17-4-6-18(7-5-17)19-8-10-20(11-9-19)23-14-12-21-16-22(27-2)13-15-24(21)25(23)26/h3,12-20H,1,4-11H2,2H3. The number of ether oxygens (including phenoxy) is 1. The van der Waals surface area contributed by atoms with Crippen molar-refractivity contribution in [2.75, 3.05) is 7.11 Å². The molecular formula is C25H31FO. The first kappa shape index (κ1) is 18.5. The maximum Gasteiger partial charge on any atom is 0.134 e. The van der Waals surface area contributed by atoms with Crippen LogP contribution in [0.3, 0.4) is 0 Å². The molecule has 2 aromatic rings. The predicted octanol–water partition coefficient (Wildman–Crippen LogP) is 7.25. The highest BCUT2D eigenvalue weighted by Crippen LogP contribution is 2.45. The van der Waals surface area contributed by atoms with Crippen LogP contribution >= 0.6 is 0 Å². The number of benzene rings is 2. The second kappa shape index (κ2) is 8.04. The van der Waals surface area contributed by atoms with Crippen LogP contribution < -0.4 is 4.74 Å². The van der Waals surface area contributed by atoms with E-state index in [2.05, 4.69) is 18.7 Å². The molecule has 2 fully saturated rings. The van der Waals surface area contributed by atoms with Gasteiger partial charge in [-0.05, 0) is 104 Å². The molecule has 2 heteroatoms. The zero-order valence-corrected chi connectivity index (χ0v) is 16.4. The van der Waals surface area contributed by atoms with Crippen LogP contribution in [0, 0.1) is 23.6 Å². The van der Waals surface area contributed by atoms with Crippen LogP contribution in [0.4, 0.5) is 4.39 Å². The highest BCUT2D eigenvalue weighted by Gasteiger charge is 2.31. The summed E-state index contributed by atoms with van der Waals surface area (Å²) in [7, 11) is 1.65. The quantitative estimate of drug-likeness (QED) is 0.518. The summed E-state index contributed by atoms with van der Waals surface area (Å²) in [5.41, 5.74) is 0.918. The van der Waals surface area contributed by atoms with Crippen LogP contribution in [0.25, 0.3) is 10.8 Å². The molecule has 0 bridgehead atoms. The van der Waals surface area contributed by atoms with E-state index in [1.54, 1.807) is 7.11 Å². The molecule has 1 nitrogen and oxygen atoms in total. The van der Waals surface area contributed by atoms with Crippen LogP contribution in [0.15, 0.2) is 43.0 Å². The van der Waals surface area contributed by atoms with Gasteiger partial charge >= 0.3 is 0 Å². The molecular weight excluding hydrogens is 335 g/mol. The molecule has 0 radical (unpaired) electrons.